The Hall–Kier alpha value is -2.62. The number of piperazine rings is 2. The van der Waals surface area contributed by atoms with Gasteiger partial charge in [0.2, 0.25) is 0 Å². The summed E-state index contributed by atoms with van der Waals surface area (Å²) >= 11 is 11.0. The van der Waals surface area contributed by atoms with Gasteiger partial charge in [0, 0.05) is 80.4 Å². The standard InChI is InChI=1S/C25H33ClFN7S/c1-18(2)31-6-10-33(11-7-31)23-16-24(22(27)14-19(23)17-29-30-25(28)35)34-12-8-32(9-13-34)21-5-3-4-20(26)15-21/h3-5,14-18H,6-13H2,1-2H3,(H3,28,30,35)/b29-17+. The number of rotatable bonds is 6. The molecule has 0 radical (unpaired) electrons. The molecule has 0 atom stereocenters. The van der Waals surface area contributed by atoms with Gasteiger partial charge in [-0.1, -0.05) is 17.7 Å². The molecule has 2 aromatic carbocycles. The van der Waals surface area contributed by atoms with Crippen LogP contribution < -0.4 is 25.9 Å². The van der Waals surface area contributed by atoms with Crippen LogP contribution in [-0.4, -0.2) is 74.6 Å². The molecule has 0 aromatic heterocycles. The fourth-order valence-corrected chi connectivity index (χ4v) is 4.95. The van der Waals surface area contributed by atoms with E-state index in [1.807, 2.05) is 24.3 Å². The molecule has 2 aliphatic heterocycles. The van der Waals surface area contributed by atoms with Crippen molar-refractivity contribution in [2.45, 2.75) is 19.9 Å². The SMILES string of the molecule is CC(C)N1CCN(c2cc(N3CCN(c4cccc(Cl)c4)CC3)c(F)cc2/C=N/NC(N)=S)CC1. The lowest BCUT2D eigenvalue weighted by molar-refractivity contribution is 0.209. The normalized spacial score (nSPS) is 17.5. The molecule has 0 saturated carbocycles. The molecule has 188 valence electrons. The molecular formula is C25H33ClFN7S. The number of nitrogens with two attached hydrogens (primary N) is 1. The van der Waals surface area contributed by atoms with Crippen LogP contribution in [-0.2, 0) is 0 Å². The van der Waals surface area contributed by atoms with Crippen molar-refractivity contribution in [3.63, 3.8) is 0 Å². The van der Waals surface area contributed by atoms with Crippen LogP contribution in [0.1, 0.15) is 19.4 Å². The molecule has 0 amide bonds. The van der Waals surface area contributed by atoms with Crippen molar-refractivity contribution in [3.8, 4) is 0 Å². The summed E-state index contributed by atoms with van der Waals surface area (Å²) in [6.07, 6.45) is 1.59. The largest absolute Gasteiger partial charge is 0.375 e. The first kappa shape index (κ1) is 25.5. The predicted molar refractivity (Wildman–Crippen MR) is 149 cm³/mol. The number of nitrogens with one attached hydrogen (secondary N) is 1. The van der Waals surface area contributed by atoms with Crippen molar-refractivity contribution < 1.29 is 4.39 Å². The van der Waals surface area contributed by atoms with E-state index in [1.54, 1.807) is 12.3 Å². The Morgan fingerprint density at radius 2 is 1.63 bits per heavy atom. The maximum absolute atomic E-state index is 15.4. The van der Waals surface area contributed by atoms with Crippen molar-refractivity contribution in [3.05, 3.63) is 52.8 Å². The van der Waals surface area contributed by atoms with E-state index in [1.165, 1.54) is 0 Å². The Bertz CT molecular complexity index is 1060. The molecular weight excluding hydrogens is 485 g/mol. The fourth-order valence-electron chi connectivity index (χ4n) is 4.71. The summed E-state index contributed by atoms with van der Waals surface area (Å²) in [7, 11) is 0. The number of hydrogen-bond donors (Lipinski definition) is 2. The van der Waals surface area contributed by atoms with Gasteiger partial charge >= 0.3 is 0 Å². The average Bonchev–Trinajstić information content (AvgIpc) is 2.84. The first-order valence-corrected chi connectivity index (χ1v) is 12.8. The van der Waals surface area contributed by atoms with Gasteiger partial charge in [-0.05, 0) is 56.4 Å². The van der Waals surface area contributed by atoms with Crippen LogP contribution in [0.2, 0.25) is 5.02 Å². The Labute approximate surface area is 217 Å². The maximum atomic E-state index is 15.4. The summed E-state index contributed by atoms with van der Waals surface area (Å²) in [5.41, 5.74) is 11.4. The Morgan fingerprint density at radius 1 is 1.00 bits per heavy atom. The molecule has 0 bridgehead atoms. The quantitative estimate of drug-likeness (QED) is 0.345. The van der Waals surface area contributed by atoms with Crippen molar-refractivity contribution in [2.24, 2.45) is 10.8 Å². The van der Waals surface area contributed by atoms with Crippen molar-refractivity contribution in [1.29, 1.82) is 0 Å². The minimum absolute atomic E-state index is 0.0722. The second-order valence-corrected chi connectivity index (χ2v) is 10.0. The lowest BCUT2D eigenvalue weighted by Crippen LogP contribution is -2.49. The summed E-state index contributed by atoms with van der Waals surface area (Å²) in [5, 5.41) is 4.89. The second-order valence-electron chi connectivity index (χ2n) is 9.17. The zero-order valence-electron chi connectivity index (χ0n) is 20.3. The molecule has 0 spiro atoms. The van der Waals surface area contributed by atoms with Crippen LogP contribution in [0.15, 0.2) is 41.5 Å². The summed E-state index contributed by atoms with van der Waals surface area (Å²) in [6, 6.07) is 11.9. The first-order chi connectivity index (χ1) is 16.8. The van der Waals surface area contributed by atoms with Crippen molar-refractivity contribution in [1.82, 2.24) is 10.3 Å². The van der Waals surface area contributed by atoms with Crippen LogP contribution >= 0.6 is 23.8 Å². The Kier molecular flexibility index (Phi) is 8.30. The molecule has 2 fully saturated rings. The van der Waals surface area contributed by atoms with E-state index in [0.29, 0.717) is 17.3 Å². The van der Waals surface area contributed by atoms with Crippen LogP contribution in [0, 0.1) is 5.82 Å². The molecule has 2 saturated heterocycles. The van der Waals surface area contributed by atoms with E-state index in [2.05, 4.69) is 50.0 Å². The van der Waals surface area contributed by atoms with Gasteiger partial charge in [0.15, 0.2) is 5.11 Å². The smallest absolute Gasteiger partial charge is 0.184 e. The topological polar surface area (TPSA) is 63.4 Å². The molecule has 3 N–H and O–H groups in total. The number of nitrogens with zero attached hydrogens (tertiary/aromatic N) is 5. The minimum Gasteiger partial charge on any atom is -0.375 e. The van der Waals surface area contributed by atoms with Gasteiger partial charge in [0.1, 0.15) is 5.82 Å². The van der Waals surface area contributed by atoms with Crippen molar-refractivity contribution >= 4 is 52.2 Å². The number of hydrogen-bond acceptors (Lipinski definition) is 6. The highest BCUT2D eigenvalue weighted by molar-refractivity contribution is 7.80. The van der Waals surface area contributed by atoms with E-state index in [9.17, 15) is 0 Å². The summed E-state index contributed by atoms with van der Waals surface area (Å²) in [5.74, 6) is -0.262. The van der Waals surface area contributed by atoms with Gasteiger partial charge in [-0.25, -0.2) is 4.39 Å². The summed E-state index contributed by atoms with van der Waals surface area (Å²) in [6.45, 7) is 11.1. The van der Waals surface area contributed by atoms with E-state index >= 15 is 4.39 Å². The number of thiocarbonyl (C=S) groups is 1. The Morgan fingerprint density at radius 3 is 2.26 bits per heavy atom. The van der Waals surface area contributed by atoms with Crippen LogP contribution in [0.4, 0.5) is 21.5 Å². The summed E-state index contributed by atoms with van der Waals surface area (Å²) in [4.78, 5) is 9.18. The van der Waals surface area contributed by atoms with E-state index in [-0.39, 0.29) is 10.9 Å². The third kappa shape index (κ3) is 6.34. The molecule has 0 unspecified atom stereocenters. The molecule has 0 aliphatic carbocycles. The molecule has 4 rings (SSSR count). The molecule has 2 aliphatic rings. The van der Waals surface area contributed by atoms with Gasteiger partial charge in [0.25, 0.3) is 0 Å². The van der Waals surface area contributed by atoms with Gasteiger partial charge in [-0.3, -0.25) is 10.3 Å². The minimum atomic E-state index is -0.262. The van der Waals surface area contributed by atoms with Crippen molar-refractivity contribution in [2.75, 3.05) is 67.1 Å². The first-order valence-electron chi connectivity index (χ1n) is 12.0. The van der Waals surface area contributed by atoms with E-state index in [4.69, 9.17) is 29.6 Å². The molecule has 7 nitrogen and oxygen atoms in total. The van der Waals surface area contributed by atoms with Gasteiger partial charge in [0.05, 0.1) is 11.9 Å². The summed E-state index contributed by atoms with van der Waals surface area (Å²) < 4.78 is 15.4. The highest BCUT2D eigenvalue weighted by Crippen LogP contribution is 2.32. The number of benzene rings is 2. The third-order valence-electron chi connectivity index (χ3n) is 6.65. The number of hydrazone groups is 1. The lowest BCUT2D eigenvalue weighted by atomic mass is 10.1. The second kappa shape index (κ2) is 11.4. The fraction of sp³-hybridized carbons (Fsp3) is 0.440. The van der Waals surface area contributed by atoms with Crippen LogP contribution in [0.25, 0.3) is 0 Å². The predicted octanol–water partition coefficient (Wildman–Crippen LogP) is 3.50. The monoisotopic (exact) mass is 517 g/mol. The average molecular weight is 518 g/mol. The third-order valence-corrected chi connectivity index (χ3v) is 6.98. The lowest BCUT2D eigenvalue weighted by Gasteiger charge is -2.40. The number of halogens is 2. The Balaban J connectivity index is 1.55. The maximum Gasteiger partial charge on any atom is 0.184 e. The van der Waals surface area contributed by atoms with E-state index < -0.39 is 0 Å². The molecule has 2 aromatic rings. The van der Waals surface area contributed by atoms with Gasteiger partial charge in [-0.15, -0.1) is 0 Å². The van der Waals surface area contributed by atoms with Crippen LogP contribution in [0.3, 0.4) is 0 Å². The highest BCUT2D eigenvalue weighted by atomic mass is 35.5. The van der Waals surface area contributed by atoms with Crippen LogP contribution in [0.5, 0.6) is 0 Å². The molecule has 35 heavy (non-hydrogen) atoms. The zero-order valence-corrected chi connectivity index (χ0v) is 21.8. The molecule has 10 heteroatoms. The van der Waals surface area contributed by atoms with Gasteiger partial charge < -0.3 is 20.4 Å². The highest BCUT2D eigenvalue weighted by Gasteiger charge is 2.25. The molecule has 2 heterocycles. The number of anilines is 3. The van der Waals surface area contributed by atoms with E-state index in [0.717, 1.165) is 68.8 Å². The zero-order chi connectivity index (χ0) is 24.9. The van der Waals surface area contributed by atoms with Gasteiger partial charge in [-0.2, -0.15) is 5.10 Å².